The number of aryl methyl sites for hydroxylation is 1. The summed E-state index contributed by atoms with van der Waals surface area (Å²) in [7, 11) is 0. The number of hydrogen-bond acceptors (Lipinski definition) is 3. The molecule has 19 heavy (non-hydrogen) atoms. The van der Waals surface area contributed by atoms with Crippen LogP contribution in [0.3, 0.4) is 0 Å². The van der Waals surface area contributed by atoms with Gasteiger partial charge in [0.05, 0.1) is 0 Å². The van der Waals surface area contributed by atoms with Crippen molar-refractivity contribution < 1.29 is 0 Å². The molecule has 1 aromatic carbocycles. The van der Waals surface area contributed by atoms with E-state index in [1.807, 2.05) is 11.3 Å². The monoisotopic (exact) mass is 272 g/mol. The van der Waals surface area contributed by atoms with Gasteiger partial charge in [-0.1, -0.05) is 24.3 Å². The molecule has 0 fully saturated rings. The Balaban J connectivity index is 1.70. The summed E-state index contributed by atoms with van der Waals surface area (Å²) in [4.78, 5) is 1.40. The zero-order valence-electron chi connectivity index (χ0n) is 11.3. The average molecular weight is 272 g/mol. The number of nitrogens with one attached hydrogen (secondary N) is 2. The molecule has 2 nitrogen and oxygen atoms in total. The van der Waals surface area contributed by atoms with Crippen LogP contribution in [0.25, 0.3) is 0 Å². The van der Waals surface area contributed by atoms with Gasteiger partial charge in [0.1, 0.15) is 0 Å². The molecule has 0 saturated carbocycles. The smallest absolute Gasteiger partial charge is 0.0418 e. The van der Waals surface area contributed by atoms with Gasteiger partial charge in [0.15, 0.2) is 0 Å². The van der Waals surface area contributed by atoms with E-state index in [0.29, 0.717) is 6.04 Å². The summed E-state index contributed by atoms with van der Waals surface area (Å²) in [5, 5.41) is 9.31. The fourth-order valence-electron chi connectivity index (χ4n) is 2.63. The molecule has 0 bridgehead atoms. The highest BCUT2D eigenvalue weighted by molar-refractivity contribution is 7.10. The summed E-state index contributed by atoms with van der Waals surface area (Å²) >= 11 is 1.82. The third-order valence-corrected chi connectivity index (χ3v) is 4.79. The number of rotatable bonds is 4. The molecule has 2 heterocycles. The first kappa shape index (κ1) is 12.7. The van der Waals surface area contributed by atoms with Gasteiger partial charge in [-0.25, -0.2) is 0 Å². The van der Waals surface area contributed by atoms with Crippen LogP contribution < -0.4 is 10.6 Å². The van der Waals surface area contributed by atoms with Gasteiger partial charge in [-0.3, -0.25) is 0 Å². The second-order valence-corrected chi connectivity index (χ2v) is 6.08. The summed E-state index contributed by atoms with van der Waals surface area (Å²) in [5.74, 6) is 0. The molecule has 0 amide bonds. The predicted molar refractivity (Wildman–Crippen MR) is 82.8 cm³/mol. The minimum atomic E-state index is 0.416. The Bertz CT molecular complexity index is 534. The third kappa shape index (κ3) is 2.82. The molecule has 100 valence electrons. The Morgan fingerprint density at radius 1 is 1.32 bits per heavy atom. The number of hydrogen-bond donors (Lipinski definition) is 2. The Kier molecular flexibility index (Phi) is 3.85. The number of fused-ring (bicyclic) bond motifs is 1. The van der Waals surface area contributed by atoms with Gasteiger partial charge in [-0.15, -0.1) is 11.3 Å². The van der Waals surface area contributed by atoms with E-state index >= 15 is 0 Å². The Labute approximate surface area is 118 Å². The topological polar surface area (TPSA) is 24.1 Å². The lowest BCUT2D eigenvalue weighted by molar-refractivity contribution is 0.582. The molecular formula is C16H20N2S. The first-order chi connectivity index (χ1) is 9.34. The molecule has 1 atom stereocenters. The van der Waals surface area contributed by atoms with E-state index < -0.39 is 0 Å². The van der Waals surface area contributed by atoms with Gasteiger partial charge in [0.2, 0.25) is 0 Å². The van der Waals surface area contributed by atoms with Crippen LogP contribution in [0.5, 0.6) is 0 Å². The molecule has 0 radical (unpaired) electrons. The van der Waals surface area contributed by atoms with Crippen LogP contribution in [0.2, 0.25) is 0 Å². The molecule has 2 aromatic rings. The molecule has 0 aliphatic carbocycles. The fraction of sp³-hybridized carbons (Fsp3) is 0.375. The maximum absolute atomic E-state index is 3.62. The fourth-order valence-corrected chi connectivity index (χ4v) is 3.39. The van der Waals surface area contributed by atoms with E-state index in [4.69, 9.17) is 0 Å². The third-order valence-electron chi connectivity index (χ3n) is 3.73. The zero-order valence-corrected chi connectivity index (χ0v) is 12.1. The van der Waals surface area contributed by atoms with Gasteiger partial charge in [0, 0.05) is 29.7 Å². The van der Waals surface area contributed by atoms with Gasteiger partial charge < -0.3 is 10.6 Å². The van der Waals surface area contributed by atoms with Crippen LogP contribution in [0.1, 0.15) is 35.4 Å². The minimum Gasteiger partial charge on any atom is -0.385 e. The molecule has 1 aliphatic heterocycles. The van der Waals surface area contributed by atoms with Crippen LogP contribution in [-0.2, 0) is 13.0 Å². The maximum atomic E-state index is 3.62. The maximum Gasteiger partial charge on any atom is 0.0418 e. The van der Waals surface area contributed by atoms with Crippen molar-refractivity contribution in [2.24, 2.45) is 0 Å². The van der Waals surface area contributed by atoms with Crippen molar-refractivity contribution in [2.45, 2.75) is 32.4 Å². The lowest BCUT2D eigenvalue weighted by Gasteiger charge is -2.22. The number of anilines is 1. The van der Waals surface area contributed by atoms with Crippen molar-refractivity contribution in [1.29, 1.82) is 0 Å². The molecule has 0 saturated heterocycles. The number of thiophene rings is 1. The normalized spacial score (nSPS) is 15.6. The van der Waals surface area contributed by atoms with Gasteiger partial charge in [-0.2, -0.15) is 0 Å². The van der Waals surface area contributed by atoms with Crippen LogP contribution >= 0.6 is 11.3 Å². The quantitative estimate of drug-likeness (QED) is 0.880. The van der Waals surface area contributed by atoms with Crippen LogP contribution in [0, 0.1) is 0 Å². The summed E-state index contributed by atoms with van der Waals surface area (Å²) in [6, 6.07) is 11.4. The van der Waals surface area contributed by atoms with Crippen LogP contribution in [-0.4, -0.2) is 6.54 Å². The van der Waals surface area contributed by atoms with E-state index in [1.54, 1.807) is 0 Å². The van der Waals surface area contributed by atoms with Crippen LogP contribution in [0.15, 0.2) is 35.7 Å². The molecule has 3 rings (SSSR count). The first-order valence-corrected chi connectivity index (χ1v) is 7.84. The first-order valence-electron chi connectivity index (χ1n) is 6.96. The Hall–Kier alpha value is -1.32. The van der Waals surface area contributed by atoms with Crippen molar-refractivity contribution in [3.05, 3.63) is 51.7 Å². The second-order valence-electron chi connectivity index (χ2n) is 5.10. The van der Waals surface area contributed by atoms with Crippen LogP contribution in [0.4, 0.5) is 5.69 Å². The second kappa shape index (κ2) is 5.76. The summed E-state index contributed by atoms with van der Waals surface area (Å²) in [6.07, 6.45) is 2.45. The predicted octanol–water partition coefficient (Wildman–Crippen LogP) is 3.96. The number of benzene rings is 1. The van der Waals surface area contributed by atoms with Gasteiger partial charge in [-0.05, 0) is 42.3 Å². The summed E-state index contributed by atoms with van der Waals surface area (Å²) < 4.78 is 0. The molecular weight excluding hydrogens is 252 g/mol. The lowest BCUT2D eigenvalue weighted by Crippen LogP contribution is -2.20. The molecule has 1 aromatic heterocycles. The lowest BCUT2D eigenvalue weighted by atomic mass is 9.99. The Morgan fingerprint density at radius 2 is 2.26 bits per heavy atom. The molecule has 0 spiro atoms. The van der Waals surface area contributed by atoms with E-state index in [-0.39, 0.29) is 0 Å². The number of para-hydroxylation sites is 1. The Morgan fingerprint density at radius 3 is 3.11 bits per heavy atom. The largest absolute Gasteiger partial charge is 0.385 e. The zero-order chi connectivity index (χ0) is 13.1. The van der Waals surface area contributed by atoms with E-state index in [2.05, 4.69) is 53.3 Å². The van der Waals surface area contributed by atoms with Crippen molar-refractivity contribution in [2.75, 3.05) is 11.9 Å². The molecule has 2 N–H and O–H groups in total. The average Bonchev–Trinajstić information content (AvgIpc) is 2.99. The van der Waals surface area contributed by atoms with Crippen molar-refractivity contribution >= 4 is 17.0 Å². The highest BCUT2D eigenvalue weighted by atomic mass is 32.1. The van der Waals surface area contributed by atoms with Crippen molar-refractivity contribution in [1.82, 2.24) is 5.32 Å². The highest BCUT2D eigenvalue weighted by Crippen LogP contribution is 2.27. The van der Waals surface area contributed by atoms with Crippen molar-refractivity contribution in [3.8, 4) is 0 Å². The summed E-state index contributed by atoms with van der Waals surface area (Å²) in [5.41, 5.74) is 4.22. The van der Waals surface area contributed by atoms with Gasteiger partial charge >= 0.3 is 0 Å². The molecule has 3 heteroatoms. The van der Waals surface area contributed by atoms with E-state index in [0.717, 1.165) is 13.1 Å². The highest BCUT2D eigenvalue weighted by Gasteiger charge is 2.13. The summed E-state index contributed by atoms with van der Waals surface area (Å²) in [6.45, 7) is 4.26. The van der Waals surface area contributed by atoms with E-state index in [9.17, 15) is 0 Å². The van der Waals surface area contributed by atoms with Gasteiger partial charge in [0.25, 0.3) is 0 Å². The van der Waals surface area contributed by atoms with Crippen molar-refractivity contribution in [3.63, 3.8) is 0 Å². The standard InChI is InChI=1S/C16H20N2S/c1-12(15-8-4-10-19-15)18-11-14-6-2-5-13-7-3-9-17-16(13)14/h2,4-6,8,10,12,17-18H,3,7,9,11H2,1H3/t12-/m0/s1. The minimum absolute atomic E-state index is 0.416. The molecule has 1 aliphatic rings. The van der Waals surface area contributed by atoms with E-state index in [1.165, 1.54) is 34.5 Å². The SMILES string of the molecule is C[C@H](NCc1cccc2c1NCCC2)c1cccs1. The molecule has 0 unspecified atom stereocenters.